The van der Waals surface area contributed by atoms with Crippen LogP contribution in [0.25, 0.3) is 0 Å². The van der Waals surface area contributed by atoms with E-state index in [9.17, 15) is 4.39 Å². The second kappa shape index (κ2) is 2.41. The van der Waals surface area contributed by atoms with Crippen molar-refractivity contribution < 1.29 is 4.39 Å². The molecule has 0 aliphatic heterocycles. The van der Waals surface area contributed by atoms with E-state index in [0.29, 0.717) is 5.56 Å². The van der Waals surface area contributed by atoms with E-state index >= 15 is 0 Å². The molecular weight excluding hydrogens is 127 g/mol. The van der Waals surface area contributed by atoms with Gasteiger partial charge in [-0.25, -0.2) is 4.39 Å². The number of hydrogen-bond acceptors (Lipinski definition) is 0. The Balaban J connectivity index is 3.31. The average Bonchev–Trinajstić information content (AvgIpc) is 1.82. The number of halogens is 1. The minimum atomic E-state index is -0.131. The van der Waals surface area contributed by atoms with Crippen LogP contribution in [0.3, 0.4) is 0 Å². The molecule has 0 spiro atoms. The molecule has 0 N–H and O–H groups in total. The first-order valence-electron chi connectivity index (χ1n) is 3.27. The molecule has 10 heavy (non-hydrogen) atoms. The standard InChI is InChI=1S/C9H10F/c1-6-4-7(2)8(3)9(10)5-6/h5H,1-3H3. The van der Waals surface area contributed by atoms with Gasteiger partial charge in [0.1, 0.15) is 5.82 Å². The third-order valence-corrected chi connectivity index (χ3v) is 1.65. The van der Waals surface area contributed by atoms with Crippen LogP contribution in [-0.4, -0.2) is 0 Å². The highest BCUT2D eigenvalue weighted by molar-refractivity contribution is 5.29. The molecule has 0 aromatic heterocycles. The second-order valence-corrected chi connectivity index (χ2v) is 2.55. The van der Waals surface area contributed by atoms with Crippen LogP contribution < -0.4 is 0 Å². The van der Waals surface area contributed by atoms with Crippen molar-refractivity contribution in [2.24, 2.45) is 0 Å². The van der Waals surface area contributed by atoms with Gasteiger partial charge in [-0.1, -0.05) is 0 Å². The van der Waals surface area contributed by atoms with Crippen molar-refractivity contribution in [1.82, 2.24) is 0 Å². The van der Waals surface area contributed by atoms with Crippen molar-refractivity contribution in [2.45, 2.75) is 20.8 Å². The molecule has 1 radical (unpaired) electrons. The highest BCUT2D eigenvalue weighted by Crippen LogP contribution is 2.12. The molecule has 0 unspecified atom stereocenters. The van der Waals surface area contributed by atoms with Crippen LogP contribution in [0.5, 0.6) is 0 Å². The van der Waals surface area contributed by atoms with E-state index in [-0.39, 0.29) is 5.82 Å². The molecule has 0 heterocycles. The van der Waals surface area contributed by atoms with Crippen molar-refractivity contribution in [3.05, 3.63) is 34.6 Å². The smallest absolute Gasteiger partial charge is 0.126 e. The summed E-state index contributed by atoms with van der Waals surface area (Å²) in [7, 11) is 0. The van der Waals surface area contributed by atoms with Gasteiger partial charge < -0.3 is 0 Å². The molecule has 1 heteroatoms. The monoisotopic (exact) mass is 137 g/mol. The first-order chi connectivity index (χ1) is 4.61. The fourth-order valence-corrected chi connectivity index (χ4v) is 0.903. The van der Waals surface area contributed by atoms with Gasteiger partial charge in [0.25, 0.3) is 0 Å². The van der Waals surface area contributed by atoms with Crippen LogP contribution in [0, 0.1) is 32.7 Å². The number of hydrogen-bond donors (Lipinski definition) is 0. The minimum absolute atomic E-state index is 0.131. The lowest BCUT2D eigenvalue weighted by molar-refractivity contribution is 0.615. The van der Waals surface area contributed by atoms with Gasteiger partial charge in [-0.05, 0) is 49.6 Å². The summed E-state index contributed by atoms with van der Waals surface area (Å²) in [4.78, 5) is 0. The Hall–Kier alpha value is -0.850. The molecule has 0 aliphatic carbocycles. The Morgan fingerprint density at radius 2 is 1.90 bits per heavy atom. The van der Waals surface area contributed by atoms with Crippen LogP contribution in [0.15, 0.2) is 6.07 Å². The summed E-state index contributed by atoms with van der Waals surface area (Å²) in [5, 5.41) is 0. The van der Waals surface area contributed by atoms with Gasteiger partial charge in [0.2, 0.25) is 0 Å². The highest BCUT2D eigenvalue weighted by atomic mass is 19.1. The molecule has 53 valence electrons. The molecule has 0 saturated heterocycles. The lowest BCUT2D eigenvalue weighted by atomic mass is 10.1. The zero-order chi connectivity index (χ0) is 7.72. The van der Waals surface area contributed by atoms with E-state index in [1.165, 1.54) is 6.07 Å². The van der Waals surface area contributed by atoms with Gasteiger partial charge in [0.05, 0.1) is 0 Å². The molecule has 1 rings (SSSR count). The molecule has 0 aliphatic rings. The maximum atomic E-state index is 12.8. The summed E-state index contributed by atoms with van der Waals surface area (Å²) in [5.41, 5.74) is 2.46. The Bertz CT molecular complexity index is 228. The first kappa shape index (κ1) is 7.26. The predicted octanol–water partition coefficient (Wildman–Crippen LogP) is 2.55. The zero-order valence-corrected chi connectivity index (χ0v) is 6.46. The Labute approximate surface area is 60.7 Å². The molecule has 0 nitrogen and oxygen atoms in total. The maximum absolute atomic E-state index is 12.8. The quantitative estimate of drug-likeness (QED) is 0.515. The third-order valence-electron chi connectivity index (χ3n) is 1.65. The van der Waals surface area contributed by atoms with E-state index < -0.39 is 0 Å². The maximum Gasteiger partial charge on any atom is 0.126 e. The Kier molecular flexibility index (Phi) is 1.75. The van der Waals surface area contributed by atoms with Crippen molar-refractivity contribution in [1.29, 1.82) is 0 Å². The van der Waals surface area contributed by atoms with Gasteiger partial charge in [0.15, 0.2) is 0 Å². The van der Waals surface area contributed by atoms with Crippen molar-refractivity contribution in [2.75, 3.05) is 0 Å². The lowest BCUT2D eigenvalue weighted by Gasteiger charge is -2.01. The first-order valence-corrected chi connectivity index (χ1v) is 3.27. The van der Waals surface area contributed by atoms with Gasteiger partial charge in [0, 0.05) is 0 Å². The SMILES string of the molecule is Cc1[c]c(C)c(C)c(F)c1. The van der Waals surface area contributed by atoms with E-state index in [4.69, 9.17) is 0 Å². The molecule has 1 aromatic rings. The number of aryl methyl sites for hydroxylation is 2. The van der Waals surface area contributed by atoms with E-state index in [0.717, 1.165) is 11.1 Å². The zero-order valence-electron chi connectivity index (χ0n) is 6.46. The molecule has 0 fully saturated rings. The van der Waals surface area contributed by atoms with Crippen LogP contribution >= 0.6 is 0 Å². The molecule has 0 saturated carbocycles. The third kappa shape index (κ3) is 1.18. The van der Waals surface area contributed by atoms with Crippen molar-refractivity contribution in [3.8, 4) is 0 Å². The fourth-order valence-electron chi connectivity index (χ4n) is 0.903. The average molecular weight is 137 g/mol. The van der Waals surface area contributed by atoms with Crippen LogP contribution in [0.1, 0.15) is 16.7 Å². The molecule has 1 aromatic carbocycles. The predicted molar refractivity (Wildman–Crippen MR) is 39.4 cm³/mol. The number of rotatable bonds is 0. The summed E-state index contributed by atoms with van der Waals surface area (Å²) >= 11 is 0. The summed E-state index contributed by atoms with van der Waals surface area (Å²) < 4.78 is 12.8. The molecule has 0 amide bonds. The molecule has 0 atom stereocenters. The summed E-state index contributed by atoms with van der Waals surface area (Å²) in [6.45, 7) is 5.47. The van der Waals surface area contributed by atoms with E-state index in [1.807, 2.05) is 13.8 Å². The number of benzene rings is 1. The highest BCUT2D eigenvalue weighted by Gasteiger charge is 2.00. The fraction of sp³-hybridized carbons (Fsp3) is 0.333. The van der Waals surface area contributed by atoms with Crippen LogP contribution in [0.2, 0.25) is 0 Å². The Morgan fingerprint density at radius 3 is 2.40 bits per heavy atom. The lowest BCUT2D eigenvalue weighted by Crippen LogP contribution is -1.88. The van der Waals surface area contributed by atoms with Crippen LogP contribution in [0.4, 0.5) is 4.39 Å². The van der Waals surface area contributed by atoms with Crippen molar-refractivity contribution in [3.63, 3.8) is 0 Å². The van der Waals surface area contributed by atoms with Gasteiger partial charge in [-0.15, -0.1) is 0 Å². The van der Waals surface area contributed by atoms with E-state index in [2.05, 4.69) is 6.07 Å². The second-order valence-electron chi connectivity index (χ2n) is 2.55. The van der Waals surface area contributed by atoms with Gasteiger partial charge in [-0.2, -0.15) is 0 Å². The van der Waals surface area contributed by atoms with Crippen LogP contribution in [-0.2, 0) is 0 Å². The summed E-state index contributed by atoms with van der Waals surface area (Å²) in [6, 6.07) is 4.54. The van der Waals surface area contributed by atoms with Crippen molar-refractivity contribution >= 4 is 0 Å². The molecule has 0 bridgehead atoms. The van der Waals surface area contributed by atoms with Gasteiger partial charge in [-0.3, -0.25) is 0 Å². The largest absolute Gasteiger partial charge is 0.207 e. The molecular formula is C9H10F. The van der Waals surface area contributed by atoms with Gasteiger partial charge >= 0.3 is 0 Å². The normalized spacial score (nSPS) is 10.0. The Morgan fingerprint density at radius 1 is 1.30 bits per heavy atom. The summed E-state index contributed by atoms with van der Waals surface area (Å²) in [5.74, 6) is -0.131. The summed E-state index contributed by atoms with van der Waals surface area (Å²) in [6.07, 6.45) is 0. The topological polar surface area (TPSA) is 0 Å². The minimum Gasteiger partial charge on any atom is -0.207 e. The van der Waals surface area contributed by atoms with E-state index in [1.54, 1.807) is 6.92 Å².